The Labute approximate surface area is 82.9 Å². The molecule has 0 radical (unpaired) electrons. The molecule has 4 nitrogen and oxygen atoms in total. The maximum absolute atomic E-state index is 10.7. The van der Waals surface area contributed by atoms with Crippen molar-refractivity contribution in [1.82, 2.24) is 0 Å². The standard InChI is InChI=1S/C10H15NO3/c1-10(4-2-3-5-10)8-6-7(9(12)13)14-11-8/h7H,2-6H2,1H3,(H,12,13). The minimum Gasteiger partial charge on any atom is -0.478 e. The first-order chi connectivity index (χ1) is 6.62. The molecule has 0 aromatic carbocycles. The molecule has 78 valence electrons. The molecule has 0 amide bonds. The number of carboxylic acid groups (broad SMARTS) is 1. The number of nitrogens with zero attached hydrogens (tertiary/aromatic N) is 1. The van der Waals surface area contributed by atoms with Gasteiger partial charge < -0.3 is 9.94 Å². The van der Waals surface area contributed by atoms with Gasteiger partial charge in [-0.15, -0.1) is 0 Å². The van der Waals surface area contributed by atoms with Crippen molar-refractivity contribution < 1.29 is 14.7 Å². The molecule has 1 N–H and O–H groups in total. The molecule has 0 spiro atoms. The van der Waals surface area contributed by atoms with Gasteiger partial charge in [-0.05, 0) is 12.8 Å². The molecule has 1 aliphatic heterocycles. The van der Waals surface area contributed by atoms with E-state index < -0.39 is 12.1 Å². The van der Waals surface area contributed by atoms with Crippen LogP contribution in [0.3, 0.4) is 0 Å². The van der Waals surface area contributed by atoms with Crippen molar-refractivity contribution in [2.24, 2.45) is 10.6 Å². The van der Waals surface area contributed by atoms with E-state index in [4.69, 9.17) is 9.94 Å². The normalized spacial score (nSPS) is 29.8. The SMILES string of the molecule is CC1(C2=NOC(C(=O)O)C2)CCCC1. The molecule has 0 aromatic heterocycles. The lowest BCUT2D eigenvalue weighted by Gasteiger charge is -2.21. The Morgan fingerprint density at radius 3 is 2.71 bits per heavy atom. The maximum Gasteiger partial charge on any atom is 0.348 e. The van der Waals surface area contributed by atoms with Gasteiger partial charge in [-0.3, -0.25) is 0 Å². The summed E-state index contributed by atoms with van der Waals surface area (Å²) >= 11 is 0. The van der Waals surface area contributed by atoms with Crippen molar-refractivity contribution in [1.29, 1.82) is 0 Å². The van der Waals surface area contributed by atoms with Crippen LogP contribution in [-0.2, 0) is 9.63 Å². The highest BCUT2D eigenvalue weighted by molar-refractivity contribution is 5.94. The van der Waals surface area contributed by atoms with Crippen molar-refractivity contribution in [3.63, 3.8) is 0 Å². The van der Waals surface area contributed by atoms with Crippen LogP contribution in [0.5, 0.6) is 0 Å². The molecule has 1 unspecified atom stereocenters. The van der Waals surface area contributed by atoms with Crippen LogP contribution in [-0.4, -0.2) is 22.9 Å². The van der Waals surface area contributed by atoms with Crippen molar-refractivity contribution in [3.8, 4) is 0 Å². The number of hydrogen-bond donors (Lipinski definition) is 1. The maximum atomic E-state index is 10.7. The Hall–Kier alpha value is -1.06. The van der Waals surface area contributed by atoms with Gasteiger partial charge in [0.25, 0.3) is 0 Å². The highest BCUT2D eigenvalue weighted by Gasteiger charge is 2.40. The zero-order valence-electron chi connectivity index (χ0n) is 8.32. The Morgan fingerprint density at radius 2 is 2.21 bits per heavy atom. The van der Waals surface area contributed by atoms with E-state index in [1.807, 2.05) is 0 Å². The molecule has 4 heteroatoms. The van der Waals surface area contributed by atoms with Gasteiger partial charge in [0.15, 0.2) is 0 Å². The van der Waals surface area contributed by atoms with Gasteiger partial charge in [0.1, 0.15) is 0 Å². The van der Waals surface area contributed by atoms with Crippen LogP contribution in [0, 0.1) is 5.41 Å². The average molecular weight is 197 g/mol. The summed E-state index contributed by atoms with van der Waals surface area (Å²) in [6, 6.07) is 0. The lowest BCUT2D eigenvalue weighted by atomic mass is 9.81. The van der Waals surface area contributed by atoms with Crippen molar-refractivity contribution in [2.75, 3.05) is 0 Å². The number of aliphatic carboxylic acids is 1. The van der Waals surface area contributed by atoms with Gasteiger partial charge in [-0.1, -0.05) is 24.9 Å². The summed E-state index contributed by atoms with van der Waals surface area (Å²) < 4.78 is 0. The molecule has 0 saturated heterocycles. The van der Waals surface area contributed by atoms with E-state index in [0.29, 0.717) is 6.42 Å². The molecule has 1 aliphatic carbocycles. The molecule has 1 atom stereocenters. The third kappa shape index (κ3) is 1.49. The molecule has 0 bridgehead atoms. The number of carboxylic acids is 1. The number of hydrogen-bond acceptors (Lipinski definition) is 3. The van der Waals surface area contributed by atoms with Gasteiger partial charge >= 0.3 is 5.97 Å². The zero-order valence-corrected chi connectivity index (χ0v) is 8.32. The third-order valence-electron chi connectivity index (χ3n) is 3.35. The van der Waals surface area contributed by atoms with Crippen LogP contribution in [0.4, 0.5) is 0 Å². The molecular weight excluding hydrogens is 182 g/mol. The fraction of sp³-hybridized carbons (Fsp3) is 0.800. The largest absolute Gasteiger partial charge is 0.478 e. The summed E-state index contributed by atoms with van der Waals surface area (Å²) in [5.41, 5.74) is 1.05. The lowest BCUT2D eigenvalue weighted by molar-refractivity contribution is -0.148. The van der Waals surface area contributed by atoms with Crippen molar-refractivity contribution in [2.45, 2.75) is 45.1 Å². The Balaban J connectivity index is 2.04. The predicted molar refractivity (Wildman–Crippen MR) is 51.1 cm³/mol. The number of carbonyl (C=O) groups is 1. The van der Waals surface area contributed by atoms with Crippen LogP contribution in [0.15, 0.2) is 5.16 Å². The van der Waals surface area contributed by atoms with Crippen LogP contribution >= 0.6 is 0 Å². The number of rotatable bonds is 2. The van der Waals surface area contributed by atoms with Gasteiger partial charge in [0, 0.05) is 11.8 Å². The summed E-state index contributed by atoms with van der Waals surface area (Å²) in [4.78, 5) is 15.6. The smallest absolute Gasteiger partial charge is 0.348 e. The summed E-state index contributed by atoms with van der Waals surface area (Å²) in [7, 11) is 0. The van der Waals surface area contributed by atoms with Crippen molar-refractivity contribution >= 4 is 11.7 Å². The topological polar surface area (TPSA) is 58.9 Å². The van der Waals surface area contributed by atoms with Gasteiger partial charge in [0.2, 0.25) is 6.10 Å². The van der Waals surface area contributed by atoms with Crippen LogP contribution in [0.1, 0.15) is 39.0 Å². The summed E-state index contributed by atoms with van der Waals surface area (Å²) in [6.45, 7) is 2.16. The second kappa shape index (κ2) is 3.26. The highest BCUT2D eigenvalue weighted by atomic mass is 16.7. The van der Waals surface area contributed by atoms with E-state index in [9.17, 15) is 4.79 Å². The van der Waals surface area contributed by atoms with Gasteiger partial charge in [-0.2, -0.15) is 0 Å². The van der Waals surface area contributed by atoms with Crippen LogP contribution in [0.2, 0.25) is 0 Å². The zero-order chi connectivity index (χ0) is 10.2. The van der Waals surface area contributed by atoms with E-state index in [1.54, 1.807) is 0 Å². The summed E-state index contributed by atoms with van der Waals surface area (Å²) in [5, 5.41) is 12.7. The minimum atomic E-state index is -0.912. The van der Waals surface area contributed by atoms with Crippen LogP contribution < -0.4 is 0 Å². The van der Waals surface area contributed by atoms with E-state index in [-0.39, 0.29) is 5.41 Å². The number of oxime groups is 1. The van der Waals surface area contributed by atoms with E-state index in [2.05, 4.69) is 12.1 Å². The Kier molecular flexibility index (Phi) is 2.21. The first kappa shape index (κ1) is 9.49. The van der Waals surface area contributed by atoms with Crippen LogP contribution in [0.25, 0.3) is 0 Å². The monoisotopic (exact) mass is 197 g/mol. The first-order valence-corrected chi connectivity index (χ1v) is 5.08. The van der Waals surface area contributed by atoms with E-state index in [0.717, 1.165) is 18.6 Å². The highest BCUT2D eigenvalue weighted by Crippen LogP contribution is 2.41. The van der Waals surface area contributed by atoms with Crippen molar-refractivity contribution in [3.05, 3.63) is 0 Å². The van der Waals surface area contributed by atoms with Gasteiger partial charge in [-0.25, -0.2) is 4.79 Å². The lowest BCUT2D eigenvalue weighted by Crippen LogP contribution is -2.27. The van der Waals surface area contributed by atoms with E-state index >= 15 is 0 Å². The van der Waals surface area contributed by atoms with Gasteiger partial charge in [0.05, 0.1) is 5.71 Å². The molecule has 14 heavy (non-hydrogen) atoms. The quantitative estimate of drug-likeness (QED) is 0.734. The summed E-state index contributed by atoms with van der Waals surface area (Å²) in [6.07, 6.45) is 4.37. The predicted octanol–water partition coefficient (Wildman–Crippen LogP) is 1.80. The molecule has 1 fully saturated rings. The Morgan fingerprint density at radius 1 is 1.57 bits per heavy atom. The fourth-order valence-electron chi connectivity index (χ4n) is 2.31. The first-order valence-electron chi connectivity index (χ1n) is 5.08. The fourth-order valence-corrected chi connectivity index (χ4v) is 2.31. The molecule has 1 heterocycles. The average Bonchev–Trinajstić information content (AvgIpc) is 2.71. The Bertz CT molecular complexity index is 279. The molecule has 2 rings (SSSR count). The molecule has 2 aliphatic rings. The molecule has 1 saturated carbocycles. The second-order valence-electron chi connectivity index (χ2n) is 4.44. The third-order valence-corrected chi connectivity index (χ3v) is 3.35. The second-order valence-corrected chi connectivity index (χ2v) is 4.44. The summed E-state index contributed by atoms with van der Waals surface area (Å²) in [5.74, 6) is -0.912. The molecule has 0 aromatic rings. The molecular formula is C10H15NO3. The minimum absolute atomic E-state index is 0.101. The van der Waals surface area contributed by atoms with E-state index in [1.165, 1.54) is 12.8 Å².